The van der Waals surface area contributed by atoms with E-state index in [-0.39, 0.29) is 0 Å². The maximum atomic E-state index is 11.5. The highest BCUT2D eigenvalue weighted by molar-refractivity contribution is 7.88. The summed E-state index contributed by atoms with van der Waals surface area (Å²) in [6.07, 6.45) is 2.09. The molecule has 7 heteroatoms. The lowest BCUT2D eigenvalue weighted by atomic mass is 9.93. The first-order valence-corrected chi connectivity index (χ1v) is 8.10. The molecule has 0 radical (unpaired) electrons. The van der Waals surface area contributed by atoms with Crippen LogP contribution < -0.4 is 0 Å². The van der Waals surface area contributed by atoms with Gasteiger partial charge in [-0.2, -0.15) is 4.31 Å². The molecule has 0 saturated heterocycles. The zero-order valence-electron chi connectivity index (χ0n) is 10.4. The fourth-order valence-electron chi connectivity index (χ4n) is 1.59. The van der Waals surface area contributed by atoms with Crippen LogP contribution in [0.15, 0.2) is 0 Å². The van der Waals surface area contributed by atoms with Gasteiger partial charge in [0.25, 0.3) is 0 Å². The molecule has 5 nitrogen and oxygen atoms in total. The largest absolute Gasteiger partial charge is 0.306 e. The summed E-state index contributed by atoms with van der Waals surface area (Å²) < 4.78 is 44.1. The average molecular weight is 271 g/mol. The van der Waals surface area contributed by atoms with Crippen molar-refractivity contribution in [2.24, 2.45) is 0 Å². The van der Waals surface area contributed by atoms with Crippen molar-refractivity contribution in [1.29, 1.82) is 0 Å². The molecule has 98 valence electrons. The second-order valence-electron chi connectivity index (χ2n) is 4.37. The van der Waals surface area contributed by atoms with Crippen molar-refractivity contribution in [3.05, 3.63) is 0 Å². The van der Waals surface area contributed by atoms with Crippen molar-refractivity contribution in [3.8, 4) is 0 Å². The first-order chi connectivity index (χ1) is 7.04. The molecule has 0 rings (SSSR count). The van der Waals surface area contributed by atoms with E-state index in [9.17, 15) is 12.6 Å². The van der Waals surface area contributed by atoms with Gasteiger partial charge in [0.15, 0.2) is 11.1 Å². The zero-order valence-corrected chi connectivity index (χ0v) is 12.1. The lowest BCUT2D eigenvalue weighted by Gasteiger charge is -2.37. The van der Waals surface area contributed by atoms with Gasteiger partial charge in [0, 0.05) is 12.6 Å². The third kappa shape index (κ3) is 4.12. The molecule has 0 fully saturated rings. The van der Waals surface area contributed by atoms with Gasteiger partial charge in [-0.15, -0.1) is 0 Å². The molecule has 0 saturated carbocycles. The predicted octanol–water partition coefficient (Wildman–Crippen LogP) is 1.05. The van der Waals surface area contributed by atoms with Crippen LogP contribution in [0.4, 0.5) is 0 Å². The third-order valence-electron chi connectivity index (χ3n) is 3.09. The van der Waals surface area contributed by atoms with E-state index in [1.807, 2.05) is 6.92 Å². The molecule has 0 aliphatic carbocycles. The fourth-order valence-corrected chi connectivity index (χ4v) is 3.09. The van der Waals surface area contributed by atoms with Crippen LogP contribution in [0, 0.1) is 0 Å². The quantitative estimate of drug-likeness (QED) is 0.733. The molecule has 0 aliphatic heterocycles. The molecular weight excluding hydrogens is 250 g/mol. The summed E-state index contributed by atoms with van der Waals surface area (Å²) in [5.74, 6) is 0. The summed E-state index contributed by atoms with van der Waals surface area (Å²) in [5, 5.41) is -0.450. The van der Waals surface area contributed by atoms with Crippen molar-refractivity contribution in [1.82, 2.24) is 4.31 Å². The van der Waals surface area contributed by atoms with Gasteiger partial charge in [-0.25, -0.2) is 12.6 Å². The van der Waals surface area contributed by atoms with Crippen LogP contribution in [0.1, 0.15) is 33.6 Å². The summed E-state index contributed by atoms with van der Waals surface area (Å²) in [6.45, 7) is 5.30. The highest BCUT2D eigenvalue weighted by atomic mass is 32.2. The van der Waals surface area contributed by atoms with E-state index >= 15 is 0 Å². The normalized spacial score (nSPS) is 20.4. The molecule has 0 aromatic rings. The van der Waals surface area contributed by atoms with Crippen molar-refractivity contribution >= 4 is 21.1 Å². The van der Waals surface area contributed by atoms with Crippen LogP contribution in [0.3, 0.4) is 0 Å². The van der Waals surface area contributed by atoms with E-state index in [1.54, 1.807) is 13.8 Å². The van der Waals surface area contributed by atoms with Crippen LogP contribution in [-0.4, -0.2) is 45.6 Å². The summed E-state index contributed by atoms with van der Waals surface area (Å²) >= 11 is -1.92. The second kappa shape index (κ2) is 5.57. The minimum Gasteiger partial charge on any atom is -0.306 e. The van der Waals surface area contributed by atoms with Gasteiger partial charge in [-0.3, -0.25) is 0 Å². The molecule has 0 aromatic carbocycles. The van der Waals surface area contributed by atoms with Gasteiger partial charge in [-0.05, 0) is 26.7 Å². The lowest BCUT2D eigenvalue weighted by Crippen LogP contribution is -2.48. The summed E-state index contributed by atoms with van der Waals surface area (Å²) in [4.78, 5) is 0. The van der Waals surface area contributed by atoms with Crippen LogP contribution in [0.2, 0.25) is 0 Å². The molecule has 0 spiro atoms. The molecule has 0 bridgehead atoms. The van der Waals surface area contributed by atoms with Gasteiger partial charge in [0.1, 0.15) is 0 Å². The Morgan fingerprint density at radius 3 is 2.19 bits per heavy atom. The Morgan fingerprint density at radius 2 is 1.94 bits per heavy atom. The summed E-state index contributed by atoms with van der Waals surface area (Å²) in [5.41, 5.74) is -0.620. The first-order valence-electron chi connectivity index (χ1n) is 5.08. The average Bonchev–Trinajstić information content (AvgIpc) is 2.14. The standard InChI is InChI=1S/C9H21NO4S2/c1-6-9(3,7-8(2)15(11)12)10(4)16(5,13)14/h8H,6-7H2,1-5H3,(H,11,12)/t8-,9?/m0/s1. The van der Waals surface area contributed by atoms with Gasteiger partial charge in [0.05, 0.1) is 11.5 Å². The molecule has 0 amide bonds. The monoisotopic (exact) mass is 271 g/mol. The van der Waals surface area contributed by atoms with Crippen molar-refractivity contribution in [3.63, 3.8) is 0 Å². The van der Waals surface area contributed by atoms with Crippen LogP contribution in [0.25, 0.3) is 0 Å². The SMILES string of the molecule is CCC(C)(C[C@H](C)S(=O)O)N(C)S(C)(=O)=O. The first kappa shape index (κ1) is 16.0. The Balaban J connectivity index is 5.00. The van der Waals surface area contributed by atoms with E-state index < -0.39 is 31.9 Å². The molecule has 1 N–H and O–H groups in total. The van der Waals surface area contributed by atoms with E-state index in [1.165, 1.54) is 11.4 Å². The maximum absolute atomic E-state index is 11.5. The van der Waals surface area contributed by atoms with Crippen LogP contribution >= 0.6 is 0 Å². The van der Waals surface area contributed by atoms with Crippen LogP contribution in [0.5, 0.6) is 0 Å². The van der Waals surface area contributed by atoms with Gasteiger partial charge < -0.3 is 4.55 Å². The minimum absolute atomic E-state index is 0.357. The Kier molecular flexibility index (Phi) is 5.58. The van der Waals surface area contributed by atoms with E-state index in [0.29, 0.717) is 12.8 Å². The molecule has 0 aromatic heterocycles. The number of sulfonamides is 1. The molecule has 0 aliphatic rings. The van der Waals surface area contributed by atoms with Crippen LogP contribution in [-0.2, 0) is 21.1 Å². The lowest BCUT2D eigenvalue weighted by molar-refractivity contribution is 0.215. The number of rotatable bonds is 6. The summed E-state index contributed by atoms with van der Waals surface area (Å²) in [7, 11) is -1.79. The van der Waals surface area contributed by atoms with Gasteiger partial charge in [-0.1, -0.05) is 6.92 Å². The third-order valence-corrected chi connectivity index (χ3v) is 5.38. The second-order valence-corrected chi connectivity index (χ2v) is 7.74. The maximum Gasteiger partial charge on any atom is 0.211 e. The highest BCUT2D eigenvalue weighted by Gasteiger charge is 2.35. The Bertz CT molecular complexity index is 355. The predicted molar refractivity (Wildman–Crippen MR) is 66.2 cm³/mol. The number of nitrogens with zero attached hydrogens (tertiary/aromatic N) is 1. The Hall–Kier alpha value is 0.0200. The summed E-state index contributed by atoms with van der Waals surface area (Å²) in [6, 6.07) is 0. The van der Waals surface area contributed by atoms with Gasteiger partial charge in [0.2, 0.25) is 10.0 Å². The fraction of sp³-hybridized carbons (Fsp3) is 1.00. The Labute approximate surface area is 101 Å². The molecule has 0 heterocycles. The van der Waals surface area contributed by atoms with Crippen molar-refractivity contribution in [2.75, 3.05) is 13.3 Å². The van der Waals surface area contributed by atoms with Crippen molar-refractivity contribution < 1.29 is 17.2 Å². The van der Waals surface area contributed by atoms with Crippen molar-refractivity contribution in [2.45, 2.75) is 44.4 Å². The van der Waals surface area contributed by atoms with E-state index in [0.717, 1.165) is 6.26 Å². The molecule has 2 unspecified atom stereocenters. The smallest absolute Gasteiger partial charge is 0.211 e. The van der Waals surface area contributed by atoms with E-state index in [4.69, 9.17) is 4.55 Å². The molecule has 16 heavy (non-hydrogen) atoms. The number of hydrogen-bond donors (Lipinski definition) is 1. The zero-order chi connectivity index (χ0) is 13.1. The van der Waals surface area contributed by atoms with E-state index in [2.05, 4.69) is 0 Å². The Morgan fingerprint density at radius 1 is 1.50 bits per heavy atom. The van der Waals surface area contributed by atoms with Gasteiger partial charge >= 0.3 is 0 Å². The molecule has 3 atom stereocenters. The number of hydrogen-bond acceptors (Lipinski definition) is 3. The minimum atomic E-state index is -3.29. The highest BCUT2D eigenvalue weighted by Crippen LogP contribution is 2.27. The molecular formula is C9H21NO4S2. The topological polar surface area (TPSA) is 74.7 Å².